The number of piperazine rings is 1. The summed E-state index contributed by atoms with van der Waals surface area (Å²) in [6.45, 7) is 25.6. The molecule has 4 unspecified atom stereocenters. The van der Waals surface area contributed by atoms with E-state index in [1.807, 2.05) is 6.07 Å². The van der Waals surface area contributed by atoms with Crippen molar-refractivity contribution in [1.82, 2.24) is 19.8 Å². The minimum absolute atomic E-state index is 0.0146. The van der Waals surface area contributed by atoms with Gasteiger partial charge in [0.1, 0.15) is 17.8 Å². The molecular weight excluding hydrogens is 577 g/mol. The molecule has 0 spiro atoms. The number of benzene rings is 1. The fourth-order valence-electron chi connectivity index (χ4n) is 7.06. The number of aromatic nitrogens is 2. The molecule has 46 heavy (non-hydrogen) atoms. The lowest BCUT2D eigenvalue weighted by Gasteiger charge is -2.43. The third-order valence-electron chi connectivity index (χ3n) is 9.68. The fraction of sp³-hybridized carbons (Fsp3) is 0.649. The van der Waals surface area contributed by atoms with E-state index in [2.05, 4.69) is 81.9 Å². The summed E-state index contributed by atoms with van der Waals surface area (Å²) in [6, 6.07) is 8.38. The number of hydrogen-bond acceptors (Lipinski definition) is 8. The largest absolute Gasteiger partial charge is 0.399 e. The van der Waals surface area contributed by atoms with Crippen LogP contribution in [-0.2, 0) is 30.6 Å². The quantitative estimate of drug-likeness (QED) is 0.305. The van der Waals surface area contributed by atoms with Crippen LogP contribution in [0, 0.1) is 11.3 Å². The van der Waals surface area contributed by atoms with E-state index in [-0.39, 0.29) is 11.6 Å². The first-order chi connectivity index (χ1) is 21.9. The summed E-state index contributed by atoms with van der Waals surface area (Å²) in [7, 11) is 0. The molecule has 2 saturated heterocycles. The Kier molecular flexibility index (Phi) is 13.8. The number of fused-ring (bicyclic) bond motifs is 1. The zero-order chi connectivity index (χ0) is 34.0. The number of ether oxygens (including phenoxy) is 1. The summed E-state index contributed by atoms with van der Waals surface area (Å²) < 4.78 is 19.4. The number of hydrogen-bond donors (Lipinski definition) is 1. The number of nitrogen functional groups attached to an aromatic ring is 1. The number of aryl methyl sites for hydroxylation is 2. The van der Waals surface area contributed by atoms with Gasteiger partial charge in [-0.25, -0.2) is 14.4 Å². The molecular formula is C37H58FN7O. The van der Waals surface area contributed by atoms with Crippen molar-refractivity contribution in [3.63, 3.8) is 0 Å². The van der Waals surface area contributed by atoms with Gasteiger partial charge in [0, 0.05) is 74.5 Å². The molecule has 0 amide bonds. The van der Waals surface area contributed by atoms with E-state index >= 15 is 0 Å². The molecule has 5 rings (SSSR count). The van der Waals surface area contributed by atoms with Crippen molar-refractivity contribution >= 4 is 11.5 Å². The smallest absolute Gasteiger partial charge is 0.138 e. The summed E-state index contributed by atoms with van der Waals surface area (Å²) in [5.41, 5.74) is 13.0. The SMILES string of the molecule is C=C(C)N1CCN(c2nc(CC)nc3c2COC(c2cc(N)ccc2CCC)C3)CC1C.CC#N.CCN1CC(F)CC1(C)CC. The van der Waals surface area contributed by atoms with E-state index in [0.29, 0.717) is 19.2 Å². The summed E-state index contributed by atoms with van der Waals surface area (Å²) in [5.74, 6) is 1.97. The van der Waals surface area contributed by atoms with Gasteiger partial charge in [-0.05, 0) is 69.8 Å². The van der Waals surface area contributed by atoms with E-state index in [4.69, 9.17) is 25.7 Å². The molecule has 2 N–H and O–H groups in total. The Hall–Kier alpha value is -3.22. The van der Waals surface area contributed by atoms with Crippen molar-refractivity contribution < 1.29 is 9.13 Å². The average Bonchev–Trinajstić information content (AvgIpc) is 3.34. The van der Waals surface area contributed by atoms with E-state index in [9.17, 15) is 4.39 Å². The second kappa shape index (κ2) is 17.1. The number of rotatable bonds is 8. The van der Waals surface area contributed by atoms with E-state index in [1.165, 1.54) is 18.1 Å². The minimum atomic E-state index is -0.597. The molecule has 3 aliphatic rings. The van der Waals surface area contributed by atoms with Gasteiger partial charge in [0.05, 0.1) is 24.5 Å². The lowest BCUT2D eigenvalue weighted by molar-refractivity contribution is 0.0253. The fourth-order valence-corrected chi connectivity index (χ4v) is 7.06. The third kappa shape index (κ3) is 8.98. The van der Waals surface area contributed by atoms with Crippen molar-refractivity contribution in [2.45, 2.75) is 124 Å². The molecule has 0 radical (unpaired) electrons. The third-order valence-corrected chi connectivity index (χ3v) is 9.68. The Labute approximate surface area is 277 Å². The number of likely N-dealkylation sites (tertiary alicyclic amines) is 1. The van der Waals surface area contributed by atoms with Gasteiger partial charge in [-0.2, -0.15) is 5.26 Å². The molecule has 4 heterocycles. The van der Waals surface area contributed by atoms with Gasteiger partial charge in [-0.3, -0.25) is 4.90 Å². The van der Waals surface area contributed by atoms with Crippen LogP contribution >= 0.6 is 0 Å². The molecule has 8 nitrogen and oxygen atoms in total. The lowest BCUT2D eigenvalue weighted by Crippen LogP contribution is -2.51. The molecule has 254 valence electrons. The predicted molar refractivity (Wildman–Crippen MR) is 187 cm³/mol. The van der Waals surface area contributed by atoms with Crippen LogP contribution in [0.2, 0.25) is 0 Å². The van der Waals surface area contributed by atoms with E-state index in [0.717, 1.165) is 99.0 Å². The molecule has 2 aromatic rings. The Balaban J connectivity index is 0.000000343. The molecule has 9 heteroatoms. The minimum Gasteiger partial charge on any atom is -0.399 e. The maximum Gasteiger partial charge on any atom is 0.138 e. The zero-order valence-corrected chi connectivity index (χ0v) is 29.7. The van der Waals surface area contributed by atoms with Crippen LogP contribution in [-0.4, -0.2) is 70.2 Å². The maximum absolute atomic E-state index is 13.0. The predicted octanol–water partition coefficient (Wildman–Crippen LogP) is 7.18. The number of nitrogens with two attached hydrogens (primary N) is 1. The van der Waals surface area contributed by atoms with Crippen molar-refractivity contribution in [3.8, 4) is 6.07 Å². The van der Waals surface area contributed by atoms with Crippen LogP contribution in [0.15, 0.2) is 30.5 Å². The monoisotopic (exact) mass is 635 g/mol. The van der Waals surface area contributed by atoms with Crippen LogP contribution in [0.3, 0.4) is 0 Å². The Bertz CT molecular complexity index is 1340. The highest BCUT2D eigenvalue weighted by Gasteiger charge is 2.39. The van der Waals surface area contributed by atoms with Crippen molar-refractivity contribution in [2.24, 2.45) is 0 Å². The number of halogens is 1. The lowest BCUT2D eigenvalue weighted by atomic mass is 9.93. The summed E-state index contributed by atoms with van der Waals surface area (Å²) in [6.07, 6.45) is 4.88. The van der Waals surface area contributed by atoms with Crippen LogP contribution in [0.1, 0.15) is 109 Å². The normalized spacial score (nSPS) is 24.2. The number of allylic oxidation sites excluding steroid dienone is 1. The second-order valence-electron chi connectivity index (χ2n) is 13.1. The molecule has 0 aliphatic carbocycles. The van der Waals surface area contributed by atoms with Crippen molar-refractivity contribution in [1.29, 1.82) is 5.26 Å². The summed E-state index contributed by atoms with van der Waals surface area (Å²) in [4.78, 5) is 17.0. The van der Waals surface area contributed by atoms with Gasteiger partial charge < -0.3 is 20.3 Å². The highest BCUT2D eigenvalue weighted by atomic mass is 19.1. The molecule has 1 aromatic heterocycles. The molecule has 0 bridgehead atoms. The van der Waals surface area contributed by atoms with Crippen LogP contribution in [0.5, 0.6) is 0 Å². The number of nitriles is 1. The number of alkyl halides is 1. The molecule has 3 aliphatic heterocycles. The first kappa shape index (κ1) is 37.2. The molecule has 4 atom stereocenters. The van der Waals surface area contributed by atoms with Gasteiger partial charge >= 0.3 is 0 Å². The highest BCUT2D eigenvalue weighted by Crippen LogP contribution is 2.37. The van der Waals surface area contributed by atoms with Gasteiger partial charge in [-0.1, -0.05) is 46.8 Å². The first-order valence-electron chi connectivity index (χ1n) is 17.2. The average molecular weight is 636 g/mol. The zero-order valence-electron chi connectivity index (χ0n) is 29.7. The highest BCUT2D eigenvalue weighted by molar-refractivity contribution is 5.52. The van der Waals surface area contributed by atoms with Gasteiger partial charge in [0.2, 0.25) is 0 Å². The molecule has 1 aromatic carbocycles. The topological polar surface area (TPSA) is 94.5 Å². The van der Waals surface area contributed by atoms with Gasteiger partial charge in [0.25, 0.3) is 0 Å². The number of nitrogens with zero attached hydrogens (tertiary/aromatic N) is 6. The first-order valence-corrected chi connectivity index (χ1v) is 17.2. The van der Waals surface area contributed by atoms with Crippen LogP contribution in [0.25, 0.3) is 0 Å². The summed E-state index contributed by atoms with van der Waals surface area (Å²) in [5, 5.41) is 7.32. The Morgan fingerprint density at radius 1 is 1.20 bits per heavy atom. The van der Waals surface area contributed by atoms with Crippen molar-refractivity contribution in [2.75, 3.05) is 43.4 Å². The van der Waals surface area contributed by atoms with E-state index < -0.39 is 6.17 Å². The van der Waals surface area contributed by atoms with Crippen LogP contribution < -0.4 is 10.6 Å². The molecule has 0 saturated carbocycles. The Morgan fingerprint density at radius 3 is 2.48 bits per heavy atom. The standard InChI is InChI=1S/C26H37N5O.C9H18FN.C2H3N/c1-6-8-19-9-10-20(27)13-21(19)24-14-23-22(16-32-24)26(29-25(7-2)28-23)30-11-12-31(17(3)4)18(5)15-30;1-4-9(3)6-8(10)7-11(9)5-2;1-2-3/h9-10,13,18,24H,3,6-8,11-12,14-16,27H2,1-2,4-5H3;8H,4-7H2,1-3H3;1H3. The molecule has 2 fully saturated rings. The summed E-state index contributed by atoms with van der Waals surface area (Å²) >= 11 is 0. The van der Waals surface area contributed by atoms with Gasteiger partial charge in [-0.15, -0.1) is 0 Å². The van der Waals surface area contributed by atoms with Crippen LogP contribution in [0.4, 0.5) is 15.9 Å². The van der Waals surface area contributed by atoms with E-state index in [1.54, 1.807) is 6.07 Å². The second-order valence-corrected chi connectivity index (χ2v) is 13.1. The maximum atomic E-state index is 13.0. The Morgan fingerprint density at radius 2 is 1.91 bits per heavy atom. The number of anilines is 2. The van der Waals surface area contributed by atoms with Crippen molar-refractivity contribution in [3.05, 3.63) is 58.7 Å². The van der Waals surface area contributed by atoms with Gasteiger partial charge in [0.15, 0.2) is 0 Å².